The minimum absolute atomic E-state index is 0. The van der Waals surface area contributed by atoms with Crippen LogP contribution >= 0.6 is 18.5 Å². The minimum atomic E-state index is 0. The van der Waals surface area contributed by atoms with Crippen LogP contribution in [0.4, 0.5) is 0 Å². The third-order valence-electron chi connectivity index (χ3n) is 13.5. The first-order chi connectivity index (χ1) is 23.6. The standard InChI is InChI=1S/C39H51N2P2.C5H5.Fe/c42-25-35-30-18-26-17-27(19-30)22-38(35,21-26)37-34(39(43,31-13-7-15-40-23-31)32-14-8-16-41-24-32)20-33(28-9-3-1-4-10-28)36(37)29-11-5-2-6-12-29;1-2-4-5-3-1;/h1-6,9-12,20,26-27,30-32,35,40-41H,7-8,13-19,21-25,42-43H2;1-5H;/q2*-1;+2. The third-order valence-corrected chi connectivity index (χ3v) is 15.2. The summed E-state index contributed by atoms with van der Waals surface area (Å²) < 4.78 is 0. The summed E-state index contributed by atoms with van der Waals surface area (Å²) in [7, 11) is 6.91. The molecule has 6 fully saturated rings. The number of benzene rings is 2. The van der Waals surface area contributed by atoms with E-state index in [0.717, 1.165) is 36.8 Å². The molecule has 7 unspecified atom stereocenters. The number of piperidine rings is 2. The minimum Gasteiger partial charge on any atom is -0.316 e. The summed E-state index contributed by atoms with van der Waals surface area (Å²) in [6.45, 7) is 4.62. The van der Waals surface area contributed by atoms with Gasteiger partial charge >= 0.3 is 17.1 Å². The topological polar surface area (TPSA) is 24.1 Å². The molecule has 4 aromatic rings. The van der Waals surface area contributed by atoms with Gasteiger partial charge in [-0.1, -0.05) is 70.8 Å². The maximum absolute atomic E-state index is 3.87. The van der Waals surface area contributed by atoms with Gasteiger partial charge in [-0.05, 0) is 136 Å². The second-order valence-electron chi connectivity index (χ2n) is 16.0. The van der Waals surface area contributed by atoms with Crippen molar-refractivity contribution in [2.45, 2.75) is 68.4 Å². The van der Waals surface area contributed by atoms with E-state index in [9.17, 15) is 0 Å². The van der Waals surface area contributed by atoms with Crippen LogP contribution in [0.5, 0.6) is 0 Å². The molecule has 2 saturated heterocycles. The molecule has 2 heterocycles. The molecule has 0 amide bonds. The Morgan fingerprint density at radius 2 is 1.39 bits per heavy atom. The molecule has 4 saturated carbocycles. The van der Waals surface area contributed by atoms with Gasteiger partial charge in [-0.25, -0.2) is 12.1 Å². The van der Waals surface area contributed by atoms with Gasteiger partial charge in [-0.3, -0.25) is 0 Å². The molecular weight excluding hydrogens is 674 g/mol. The van der Waals surface area contributed by atoms with Crippen LogP contribution in [0.1, 0.15) is 68.9 Å². The maximum Gasteiger partial charge on any atom is 2.00 e. The number of rotatable bonds is 7. The summed E-state index contributed by atoms with van der Waals surface area (Å²) in [6, 6.07) is 35.8. The zero-order valence-corrected chi connectivity index (χ0v) is 32.5. The van der Waals surface area contributed by atoms with Crippen molar-refractivity contribution in [1.29, 1.82) is 0 Å². The molecule has 10 rings (SSSR count). The molecule has 4 aliphatic carbocycles. The Kier molecular flexibility index (Phi) is 11.4. The van der Waals surface area contributed by atoms with Crippen LogP contribution in [-0.4, -0.2) is 32.3 Å². The van der Waals surface area contributed by atoms with E-state index in [-0.39, 0.29) is 27.6 Å². The summed E-state index contributed by atoms with van der Waals surface area (Å²) in [5.41, 5.74) is 9.64. The van der Waals surface area contributed by atoms with Crippen molar-refractivity contribution < 1.29 is 17.1 Å². The Morgan fingerprint density at radius 1 is 0.796 bits per heavy atom. The molecule has 49 heavy (non-hydrogen) atoms. The van der Waals surface area contributed by atoms with E-state index >= 15 is 0 Å². The zero-order chi connectivity index (χ0) is 32.6. The number of nitrogens with one attached hydrogen (secondary N) is 2. The fraction of sp³-hybridized carbons (Fsp3) is 0.500. The number of hydrogen-bond acceptors (Lipinski definition) is 2. The average molecular weight is 731 g/mol. The summed E-state index contributed by atoms with van der Waals surface area (Å²) >= 11 is 0. The smallest absolute Gasteiger partial charge is 0.316 e. The van der Waals surface area contributed by atoms with Crippen LogP contribution in [0.25, 0.3) is 22.3 Å². The largest absolute Gasteiger partial charge is 2.00 e. The van der Waals surface area contributed by atoms with E-state index < -0.39 is 0 Å². The van der Waals surface area contributed by atoms with E-state index in [0.29, 0.717) is 11.8 Å². The summed E-state index contributed by atoms with van der Waals surface area (Å²) in [4.78, 5) is 0. The van der Waals surface area contributed by atoms with Gasteiger partial charge in [0.1, 0.15) is 0 Å². The van der Waals surface area contributed by atoms with Gasteiger partial charge in [-0.15, -0.1) is 47.8 Å². The Morgan fingerprint density at radius 3 is 1.90 bits per heavy atom. The van der Waals surface area contributed by atoms with Crippen LogP contribution < -0.4 is 10.6 Å². The molecule has 0 spiro atoms. The SMILES string of the molecule is PCC1C2CC3CC(C2)CC1(c1c(C(P)(C2CCCNC2)C2CCCNC2)cc(-c2ccccc2)[c-]1-c1ccccc1)C3.[Fe+2].c1cc[cH-]c1. The quantitative estimate of drug-likeness (QED) is 0.112. The second-order valence-corrected chi connectivity index (χ2v) is 17.5. The van der Waals surface area contributed by atoms with E-state index in [2.05, 4.69) is 95.8 Å². The van der Waals surface area contributed by atoms with Crippen molar-refractivity contribution in [1.82, 2.24) is 10.6 Å². The first kappa shape index (κ1) is 35.8. The van der Waals surface area contributed by atoms with Gasteiger partial charge in [0.05, 0.1) is 0 Å². The Hall–Kier alpha value is -1.56. The molecule has 2 N–H and O–H groups in total. The molecule has 0 aromatic heterocycles. The first-order valence-electron chi connectivity index (χ1n) is 19.1. The van der Waals surface area contributed by atoms with Crippen LogP contribution in [-0.2, 0) is 27.6 Å². The van der Waals surface area contributed by atoms with E-state index in [1.807, 2.05) is 30.3 Å². The van der Waals surface area contributed by atoms with Crippen molar-refractivity contribution in [3.05, 3.63) is 108 Å². The van der Waals surface area contributed by atoms with E-state index in [1.54, 1.807) is 16.7 Å². The Labute approximate surface area is 311 Å². The van der Waals surface area contributed by atoms with Crippen LogP contribution in [0.15, 0.2) is 97.1 Å². The molecule has 6 aliphatic rings. The fourth-order valence-corrected chi connectivity index (χ4v) is 13.4. The molecule has 5 heteroatoms. The number of hydrogen-bond donors (Lipinski definition) is 2. The van der Waals surface area contributed by atoms with Crippen molar-refractivity contribution in [2.75, 3.05) is 32.3 Å². The van der Waals surface area contributed by atoms with Gasteiger partial charge in [0.15, 0.2) is 0 Å². The summed E-state index contributed by atoms with van der Waals surface area (Å²) in [5, 5.41) is 7.80. The van der Waals surface area contributed by atoms with E-state index in [4.69, 9.17) is 0 Å². The predicted molar refractivity (Wildman–Crippen MR) is 211 cm³/mol. The zero-order valence-electron chi connectivity index (χ0n) is 29.1. The van der Waals surface area contributed by atoms with Gasteiger partial charge in [-0.2, -0.15) is 18.2 Å². The molecule has 2 aliphatic heterocycles. The van der Waals surface area contributed by atoms with Crippen molar-refractivity contribution in [3.63, 3.8) is 0 Å². The fourth-order valence-electron chi connectivity index (χ4n) is 11.7. The van der Waals surface area contributed by atoms with Gasteiger partial charge in [0, 0.05) is 0 Å². The van der Waals surface area contributed by atoms with Crippen molar-refractivity contribution in [2.24, 2.45) is 35.5 Å². The molecule has 4 aromatic carbocycles. The molecule has 4 bridgehead atoms. The first-order valence-corrected chi connectivity index (χ1v) is 20.5. The van der Waals surface area contributed by atoms with Crippen LogP contribution in [0, 0.1) is 35.5 Å². The van der Waals surface area contributed by atoms with Crippen molar-refractivity contribution >= 4 is 18.5 Å². The Bertz CT molecular complexity index is 1550. The Balaban J connectivity index is 0.000000581. The maximum atomic E-state index is 3.87. The molecule has 260 valence electrons. The monoisotopic (exact) mass is 730 g/mol. The van der Waals surface area contributed by atoms with Gasteiger partial charge < -0.3 is 10.6 Å². The molecule has 2 nitrogen and oxygen atoms in total. The molecule has 0 radical (unpaired) electrons. The van der Waals surface area contributed by atoms with Crippen LogP contribution in [0.3, 0.4) is 0 Å². The normalized spacial score (nSPS) is 31.6. The van der Waals surface area contributed by atoms with Gasteiger partial charge in [0.2, 0.25) is 0 Å². The van der Waals surface area contributed by atoms with Crippen LogP contribution in [0.2, 0.25) is 0 Å². The molecular formula is C44H56FeN2P2. The summed E-state index contributed by atoms with van der Waals surface area (Å²) in [6.07, 6.45) is 13.7. The van der Waals surface area contributed by atoms with Gasteiger partial charge in [0.25, 0.3) is 0 Å². The second kappa shape index (κ2) is 15.6. The average Bonchev–Trinajstić information content (AvgIpc) is 3.86. The third kappa shape index (κ3) is 6.65. The summed E-state index contributed by atoms with van der Waals surface area (Å²) in [5.74, 6) is 4.73. The molecule has 7 atom stereocenters. The predicted octanol–water partition coefficient (Wildman–Crippen LogP) is 9.78. The van der Waals surface area contributed by atoms with Crippen molar-refractivity contribution in [3.8, 4) is 22.3 Å². The van der Waals surface area contributed by atoms with E-state index in [1.165, 1.54) is 93.7 Å².